The largest absolute Gasteiger partial charge is 0.462 e. The molecule has 6 nitrogen and oxygen atoms in total. The summed E-state index contributed by atoms with van der Waals surface area (Å²) < 4.78 is 16.7. The summed E-state index contributed by atoms with van der Waals surface area (Å²) in [5, 5.41) is 0. The molecule has 6 heteroatoms. The summed E-state index contributed by atoms with van der Waals surface area (Å²) in [5.74, 6) is -0.913. The predicted molar refractivity (Wildman–Crippen MR) is 251 cm³/mol. The molecule has 0 N–H and O–H groups in total. The third kappa shape index (κ3) is 46.0. The first kappa shape index (κ1) is 56.1. The van der Waals surface area contributed by atoms with Gasteiger partial charge < -0.3 is 14.2 Å². The van der Waals surface area contributed by atoms with E-state index in [1.54, 1.807) is 0 Å². The molecule has 1 atom stereocenters. The van der Waals surface area contributed by atoms with E-state index >= 15 is 0 Å². The zero-order valence-corrected chi connectivity index (χ0v) is 38.8. The molecular formula is C53H92O6. The summed E-state index contributed by atoms with van der Waals surface area (Å²) in [6.07, 6.45) is 57.7. The van der Waals surface area contributed by atoms with Crippen molar-refractivity contribution in [2.24, 2.45) is 0 Å². The second-order valence-electron chi connectivity index (χ2n) is 16.4. The Morgan fingerprint density at radius 1 is 0.373 bits per heavy atom. The number of esters is 3. The highest BCUT2D eigenvalue weighted by Gasteiger charge is 2.19. The first-order chi connectivity index (χ1) is 29.0. The lowest BCUT2D eigenvalue weighted by Gasteiger charge is -2.18. The molecule has 0 aromatic rings. The molecule has 0 radical (unpaired) electrons. The molecular weight excluding hydrogens is 733 g/mol. The number of hydrogen-bond donors (Lipinski definition) is 0. The number of carbonyl (C=O) groups is 3. The van der Waals surface area contributed by atoms with Crippen LogP contribution in [-0.4, -0.2) is 37.2 Å². The van der Waals surface area contributed by atoms with Gasteiger partial charge in [-0.2, -0.15) is 0 Å². The highest BCUT2D eigenvalue weighted by atomic mass is 16.6. The van der Waals surface area contributed by atoms with Crippen molar-refractivity contribution in [2.75, 3.05) is 13.2 Å². The van der Waals surface area contributed by atoms with E-state index in [-0.39, 0.29) is 31.1 Å². The maximum Gasteiger partial charge on any atom is 0.306 e. The summed E-state index contributed by atoms with van der Waals surface area (Å²) in [5.41, 5.74) is 0. The standard InChI is InChI=1S/C53H92O6/c1-4-7-10-13-16-19-22-25-27-29-31-34-37-40-43-46-52(55)58-49-50(48-57-51(54)45-42-39-36-33-30-24-21-18-15-12-9-6-3)59-53(56)47-44-41-38-35-32-28-26-23-20-17-14-11-8-5-2/h8,11,16-22,25,50H,4-7,9-10,12-15,23-24,26-49H2,1-3H3/b11-8-,19-16-,20-17-,21-18-,25-22-. The molecule has 0 spiro atoms. The van der Waals surface area contributed by atoms with Gasteiger partial charge in [-0.25, -0.2) is 0 Å². The first-order valence-corrected chi connectivity index (χ1v) is 24.8. The van der Waals surface area contributed by atoms with E-state index < -0.39 is 6.10 Å². The highest BCUT2D eigenvalue weighted by Crippen LogP contribution is 2.14. The van der Waals surface area contributed by atoms with E-state index in [1.807, 2.05) is 0 Å². The molecule has 0 rings (SSSR count). The van der Waals surface area contributed by atoms with Crippen molar-refractivity contribution < 1.29 is 28.6 Å². The Hall–Kier alpha value is -2.89. The van der Waals surface area contributed by atoms with E-state index in [9.17, 15) is 14.4 Å². The molecule has 0 aliphatic rings. The van der Waals surface area contributed by atoms with E-state index in [1.165, 1.54) is 109 Å². The van der Waals surface area contributed by atoms with Crippen molar-refractivity contribution in [3.8, 4) is 0 Å². The number of carbonyl (C=O) groups excluding carboxylic acids is 3. The molecule has 0 saturated heterocycles. The number of unbranched alkanes of at least 4 members (excludes halogenated alkanes) is 24. The van der Waals surface area contributed by atoms with E-state index in [2.05, 4.69) is 81.5 Å². The van der Waals surface area contributed by atoms with Crippen molar-refractivity contribution in [3.63, 3.8) is 0 Å². The zero-order chi connectivity index (χ0) is 43.0. The molecule has 1 unspecified atom stereocenters. The van der Waals surface area contributed by atoms with E-state index in [0.29, 0.717) is 19.3 Å². The molecule has 0 amide bonds. The zero-order valence-electron chi connectivity index (χ0n) is 38.8. The Morgan fingerprint density at radius 2 is 0.712 bits per heavy atom. The molecule has 59 heavy (non-hydrogen) atoms. The minimum absolute atomic E-state index is 0.0858. The van der Waals surface area contributed by atoms with Crippen LogP contribution in [0, 0.1) is 0 Å². The second kappa shape index (κ2) is 47.8. The third-order valence-electron chi connectivity index (χ3n) is 10.5. The minimum Gasteiger partial charge on any atom is -0.462 e. The van der Waals surface area contributed by atoms with Gasteiger partial charge in [-0.05, 0) is 96.3 Å². The fourth-order valence-electron chi connectivity index (χ4n) is 6.76. The van der Waals surface area contributed by atoms with Crippen LogP contribution in [0.25, 0.3) is 0 Å². The van der Waals surface area contributed by atoms with Crippen LogP contribution in [0.1, 0.15) is 239 Å². The maximum absolute atomic E-state index is 12.8. The molecule has 0 saturated carbocycles. The summed E-state index contributed by atoms with van der Waals surface area (Å²) >= 11 is 0. The smallest absolute Gasteiger partial charge is 0.306 e. The van der Waals surface area contributed by atoms with Crippen molar-refractivity contribution in [3.05, 3.63) is 60.8 Å². The van der Waals surface area contributed by atoms with Gasteiger partial charge in [0, 0.05) is 19.3 Å². The fraction of sp³-hybridized carbons (Fsp3) is 0.755. The monoisotopic (exact) mass is 825 g/mol. The third-order valence-corrected chi connectivity index (χ3v) is 10.5. The number of hydrogen-bond acceptors (Lipinski definition) is 6. The minimum atomic E-state index is -0.784. The fourth-order valence-corrected chi connectivity index (χ4v) is 6.76. The second-order valence-corrected chi connectivity index (χ2v) is 16.4. The van der Waals surface area contributed by atoms with Crippen molar-refractivity contribution in [1.82, 2.24) is 0 Å². The van der Waals surface area contributed by atoms with Crippen LogP contribution in [0.15, 0.2) is 60.8 Å². The van der Waals surface area contributed by atoms with Crippen LogP contribution in [0.2, 0.25) is 0 Å². The average molecular weight is 825 g/mol. The van der Waals surface area contributed by atoms with Crippen LogP contribution in [-0.2, 0) is 28.6 Å². The van der Waals surface area contributed by atoms with Crippen LogP contribution in [0.5, 0.6) is 0 Å². The SMILES string of the molecule is CC/C=C\C/C=C\CCCCCCCCCC(=O)OC(COC(=O)CCCCCCC/C=C\CCCCC)COC(=O)CCCCCCCC/C=C\C=C/CCCCC. The molecule has 340 valence electrons. The van der Waals surface area contributed by atoms with Gasteiger partial charge in [-0.1, -0.05) is 184 Å². The molecule has 0 heterocycles. The summed E-state index contributed by atoms with van der Waals surface area (Å²) in [7, 11) is 0. The van der Waals surface area contributed by atoms with E-state index in [0.717, 1.165) is 89.9 Å². The Balaban J connectivity index is 4.41. The lowest BCUT2D eigenvalue weighted by Crippen LogP contribution is -2.30. The van der Waals surface area contributed by atoms with Gasteiger partial charge in [-0.15, -0.1) is 0 Å². The maximum atomic E-state index is 12.8. The van der Waals surface area contributed by atoms with Crippen LogP contribution >= 0.6 is 0 Å². The first-order valence-electron chi connectivity index (χ1n) is 24.8. The number of rotatable bonds is 44. The van der Waals surface area contributed by atoms with Gasteiger partial charge in [0.05, 0.1) is 0 Å². The van der Waals surface area contributed by atoms with E-state index in [4.69, 9.17) is 14.2 Å². The predicted octanol–water partition coefficient (Wildman–Crippen LogP) is 16.1. The Labute approximate surface area is 364 Å². The quantitative estimate of drug-likeness (QED) is 0.0200. The van der Waals surface area contributed by atoms with Gasteiger partial charge >= 0.3 is 17.9 Å². The van der Waals surface area contributed by atoms with Crippen LogP contribution < -0.4 is 0 Å². The Kier molecular flexibility index (Phi) is 45.4. The lowest BCUT2D eigenvalue weighted by atomic mass is 10.1. The molecule has 0 aromatic carbocycles. The van der Waals surface area contributed by atoms with Crippen molar-refractivity contribution in [2.45, 2.75) is 245 Å². The highest BCUT2D eigenvalue weighted by molar-refractivity contribution is 5.71. The summed E-state index contributed by atoms with van der Waals surface area (Å²) in [6.45, 7) is 6.45. The Morgan fingerprint density at radius 3 is 1.14 bits per heavy atom. The van der Waals surface area contributed by atoms with Gasteiger partial charge in [0.1, 0.15) is 13.2 Å². The van der Waals surface area contributed by atoms with Crippen LogP contribution in [0.4, 0.5) is 0 Å². The molecule has 0 aromatic heterocycles. The number of ether oxygens (including phenoxy) is 3. The van der Waals surface area contributed by atoms with Gasteiger partial charge in [0.25, 0.3) is 0 Å². The van der Waals surface area contributed by atoms with Gasteiger partial charge in [0.15, 0.2) is 6.10 Å². The molecule has 0 fully saturated rings. The van der Waals surface area contributed by atoms with Gasteiger partial charge in [0.2, 0.25) is 0 Å². The summed E-state index contributed by atoms with van der Waals surface area (Å²) in [6, 6.07) is 0. The number of allylic oxidation sites excluding steroid dienone is 10. The van der Waals surface area contributed by atoms with Crippen molar-refractivity contribution in [1.29, 1.82) is 0 Å². The lowest BCUT2D eigenvalue weighted by molar-refractivity contribution is -0.167. The molecule has 0 bridgehead atoms. The van der Waals surface area contributed by atoms with Crippen LogP contribution in [0.3, 0.4) is 0 Å². The topological polar surface area (TPSA) is 78.9 Å². The Bertz CT molecular complexity index is 1090. The van der Waals surface area contributed by atoms with Crippen molar-refractivity contribution >= 4 is 17.9 Å². The molecule has 0 aliphatic carbocycles. The average Bonchev–Trinajstić information content (AvgIpc) is 3.23. The van der Waals surface area contributed by atoms with Gasteiger partial charge in [-0.3, -0.25) is 14.4 Å². The summed E-state index contributed by atoms with van der Waals surface area (Å²) in [4.78, 5) is 37.9. The normalized spacial score (nSPS) is 12.5. The molecule has 0 aliphatic heterocycles.